The van der Waals surface area contributed by atoms with Gasteiger partial charge in [0.1, 0.15) is 5.60 Å². The van der Waals surface area contributed by atoms with Crippen molar-refractivity contribution >= 4 is 17.6 Å². The second-order valence-corrected chi connectivity index (χ2v) is 8.38. The van der Waals surface area contributed by atoms with Crippen LogP contribution in [0.4, 0.5) is 13.6 Å². The molecule has 2 aliphatic rings. The zero-order chi connectivity index (χ0) is 22.1. The van der Waals surface area contributed by atoms with Gasteiger partial charge in [0.2, 0.25) is 0 Å². The summed E-state index contributed by atoms with van der Waals surface area (Å²) in [6.45, 7) is 2.47. The largest absolute Gasteiger partial charge is 0.489 e. The maximum atomic E-state index is 12.7. The van der Waals surface area contributed by atoms with Crippen LogP contribution >= 0.6 is 0 Å². The third-order valence-corrected chi connectivity index (χ3v) is 4.62. The van der Waals surface area contributed by atoms with Crippen molar-refractivity contribution < 1.29 is 37.7 Å². The molecule has 1 aromatic rings. The standard InChI is InChI=1S/C21H25F2NO6/c1-21(2,3)30-20(27)24-10-14(8-15(24)18(25)26)13-6-7-16(29-19(22)23)17(9-13)28-11-12-4-5-12/h6-9,12,15,19H,4-5,10-11H2,1-3H3,(H,25,26). The summed E-state index contributed by atoms with van der Waals surface area (Å²) in [5.74, 6) is -0.730. The summed E-state index contributed by atoms with van der Waals surface area (Å²) in [6, 6.07) is 3.23. The molecule has 7 nitrogen and oxygen atoms in total. The summed E-state index contributed by atoms with van der Waals surface area (Å²) in [4.78, 5) is 25.2. The fourth-order valence-corrected chi connectivity index (χ4v) is 3.01. The molecule has 164 valence electrons. The topological polar surface area (TPSA) is 85.3 Å². The molecule has 1 saturated carbocycles. The molecule has 1 aliphatic carbocycles. The van der Waals surface area contributed by atoms with E-state index in [1.54, 1.807) is 20.8 Å². The van der Waals surface area contributed by atoms with Crippen LogP contribution in [0.15, 0.2) is 24.3 Å². The van der Waals surface area contributed by atoms with Crippen LogP contribution in [0, 0.1) is 5.92 Å². The Morgan fingerprint density at radius 2 is 1.93 bits per heavy atom. The average molecular weight is 425 g/mol. The molecule has 1 amide bonds. The van der Waals surface area contributed by atoms with Gasteiger partial charge >= 0.3 is 18.7 Å². The highest BCUT2D eigenvalue weighted by molar-refractivity contribution is 5.89. The van der Waals surface area contributed by atoms with Crippen molar-refractivity contribution in [2.45, 2.75) is 51.9 Å². The quantitative estimate of drug-likeness (QED) is 0.706. The van der Waals surface area contributed by atoms with Crippen LogP contribution in [-0.2, 0) is 9.53 Å². The van der Waals surface area contributed by atoms with Crippen molar-refractivity contribution in [3.8, 4) is 11.5 Å². The zero-order valence-electron chi connectivity index (χ0n) is 17.1. The number of amides is 1. The predicted molar refractivity (Wildman–Crippen MR) is 104 cm³/mol. The number of benzene rings is 1. The number of aliphatic carboxylic acids is 1. The van der Waals surface area contributed by atoms with Gasteiger partial charge in [-0.05, 0) is 68.9 Å². The van der Waals surface area contributed by atoms with E-state index in [0.29, 0.717) is 23.7 Å². The summed E-state index contributed by atoms with van der Waals surface area (Å²) < 4.78 is 40.9. The van der Waals surface area contributed by atoms with Gasteiger partial charge in [-0.25, -0.2) is 9.59 Å². The lowest BCUT2D eigenvalue weighted by molar-refractivity contribution is -0.140. The molecule has 0 saturated heterocycles. The van der Waals surface area contributed by atoms with Gasteiger partial charge in [0.05, 0.1) is 13.2 Å². The highest BCUT2D eigenvalue weighted by atomic mass is 19.3. The Hall–Kier alpha value is -2.84. The second-order valence-electron chi connectivity index (χ2n) is 8.38. The molecule has 1 atom stereocenters. The van der Waals surface area contributed by atoms with E-state index in [9.17, 15) is 23.5 Å². The van der Waals surface area contributed by atoms with Gasteiger partial charge in [-0.3, -0.25) is 4.90 Å². The minimum atomic E-state index is -3.00. The van der Waals surface area contributed by atoms with Gasteiger partial charge in [-0.1, -0.05) is 6.07 Å². The fraction of sp³-hybridized carbons (Fsp3) is 0.524. The van der Waals surface area contributed by atoms with Crippen LogP contribution in [0.5, 0.6) is 11.5 Å². The van der Waals surface area contributed by atoms with Gasteiger partial charge in [0.15, 0.2) is 17.5 Å². The van der Waals surface area contributed by atoms with E-state index in [1.807, 2.05) is 0 Å². The number of carbonyl (C=O) groups excluding carboxylic acids is 1. The highest BCUT2D eigenvalue weighted by Crippen LogP contribution is 2.37. The normalized spacial score (nSPS) is 18.9. The van der Waals surface area contributed by atoms with Gasteiger partial charge < -0.3 is 19.3 Å². The molecule has 0 radical (unpaired) electrons. The maximum Gasteiger partial charge on any atom is 0.411 e. The van der Waals surface area contributed by atoms with Crippen molar-refractivity contribution in [2.24, 2.45) is 5.92 Å². The third kappa shape index (κ3) is 5.61. The van der Waals surface area contributed by atoms with Crippen LogP contribution in [0.25, 0.3) is 5.57 Å². The van der Waals surface area contributed by atoms with E-state index >= 15 is 0 Å². The number of hydrogen-bond acceptors (Lipinski definition) is 5. The Morgan fingerprint density at radius 3 is 2.50 bits per heavy atom. The zero-order valence-corrected chi connectivity index (χ0v) is 17.1. The molecule has 3 rings (SSSR count). The van der Waals surface area contributed by atoms with Crippen LogP contribution in [0.3, 0.4) is 0 Å². The number of rotatable bonds is 7. The number of halogens is 2. The van der Waals surface area contributed by atoms with E-state index in [4.69, 9.17) is 9.47 Å². The van der Waals surface area contributed by atoms with Gasteiger partial charge in [-0.2, -0.15) is 8.78 Å². The summed E-state index contributed by atoms with van der Waals surface area (Å²) in [5.41, 5.74) is 0.328. The Balaban J connectivity index is 1.84. The van der Waals surface area contributed by atoms with Crippen LogP contribution in [0.2, 0.25) is 0 Å². The molecule has 1 N–H and O–H groups in total. The van der Waals surface area contributed by atoms with E-state index in [1.165, 1.54) is 24.3 Å². The summed E-state index contributed by atoms with van der Waals surface area (Å²) in [5, 5.41) is 9.52. The lowest BCUT2D eigenvalue weighted by atomic mass is 10.1. The van der Waals surface area contributed by atoms with E-state index < -0.39 is 30.3 Å². The summed E-state index contributed by atoms with van der Waals surface area (Å²) >= 11 is 0. The Labute approximate surface area is 173 Å². The SMILES string of the molecule is CC(C)(C)OC(=O)N1CC(c2ccc(OC(F)F)c(OCC3CC3)c2)=CC1C(=O)O. The smallest absolute Gasteiger partial charge is 0.411 e. The van der Waals surface area contributed by atoms with Crippen molar-refractivity contribution in [3.05, 3.63) is 29.8 Å². The first-order valence-electron chi connectivity index (χ1n) is 9.68. The summed E-state index contributed by atoms with van der Waals surface area (Å²) in [7, 11) is 0. The number of carboxylic acid groups (broad SMARTS) is 1. The average Bonchev–Trinajstić information content (AvgIpc) is 3.34. The highest BCUT2D eigenvalue weighted by Gasteiger charge is 2.37. The predicted octanol–water partition coefficient (Wildman–Crippen LogP) is 4.16. The van der Waals surface area contributed by atoms with Crippen LogP contribution in [-0.4, -0.2) is 53.5 Å². The lowest BCUT2D eigenvalue weighted by Gasteiger charge is -2.27. The number of hydrogen-bond donors (Lipinski definition) is 1. The number of alkyl halides is 2. The van der Waals surface area contributed by atoms with E-state index in [0.717, 1.165) is 17.7 Å². The minimum Gasteiger partial charge on any atom is -0.489 e. The molecular formula is C21H25F2NO6. The number of ether oxygens (including phenoxy) is 3. The van der Waals surface area contributed by atoms with Crippen molar-refractivity contribution in [3.63, 3.8) is 0 Å². The number of carbonyl (C=O) groups is 2. The van der Waals surface area contributed by atoms with Gasteiger partial charge in [0.25, 0.3) is 0 Å². The molecule has 1 heterocycles. The third-order valence-electron chi connectivity index (χ3n) is 4.62. The molecule has 30 heavy (non-hydrogen) atoms. The molecule has 0 aromatic heterocycles. The molecule has 1 fully saturated rings. The van der Waals surface area contributed by atoms with Crippen molar-refractivity contribution in [1.29, 1.82) is 0 Å². The van der Waals surface area contributed by atoms with Crippen LogP contribution in [0.1, 0.15) is 39.2 Å². The second kappa shape index (κ2) is 8.49. The number of nitrogens with zero attached hydrogens (tertiary/aromatic N) is 1. The van der Waals surface area contributed by atoms with Gasteiger partial charge in [-0.15, -0.1) is 0 Å². The maximum absolute atomic E-state index is 12.7. The molecule has 1 aromatic carbocycles. The number of carboxylic acids is 1. The van der Waals surface area contributed by atoms with E-state index in [2.05, 4.69) is 4.74 Å². The molecule has 0 spiro atoms. The first kappa shape index (κ1) is 21.9. The van der Waals surface area contributed by atoms with Gasteiger partial charge in [0, 0.05) is 0 Å². The molecule has 1 unspecified atom stereocenters. The minimum absolute atomic E-state index is 0.00297. The Morgan fingerprint density at radius 1 is 1.23 bits per heavy atom. The first-order chi connectivity index (χ1) is 14.0. The van der Waals surface area contributed by atoms with Crippen molar-refractivity contribution in [2.75, 3.05) is 13.2 Å². The van der Waals surface area contributed by atoms with Crippen LogP contribution < -0.4 is 9.47 Å². The van der Waals surface area contributed by atoms with E-state index in [-0.39, 0.29) is 18.0 Å². The molecular weight excluding hydrogens is 400 g/mol. The lowest BCUT2D eigenvalue weighted by Crippen LogP contribution is -2.43. The monoisotopic (exact) mass is 425 g/mol. The van der Waals surface area contributed by atoms with Crippen molar-refractivity contribution in [1.82, 2.24) is 4.90 Å². The molecule has 9 heteroatoms. The Bertz CT molecular complexity index is 844. The molecule has 0 bridgehead atoms. The Kier molecular flexibility index (Phi) is 6.19. The fourth-order valence-electron chi connectivity index (χ4n) is 3.01. The summed E-state index contributed by atoms with van der Waals surface area (Å²) in [6.07, 6.45) is 2.76. The molecule has 1 aliphatic heterocycles. The first-order valence-corrected chi connectivity index (χ1v) is 9.68.